The SMILES string of the molecule is CCC(CC)(CC)Oc1c(C)cc(C[C@H](N)C(=O)NCc2cccc3cccnc23)cc1C. The molecular weight excluding hydrogens is 410 g/mol. The van der Waals surface area contributed by atoms with Gasteiger partial charge in [0.15, 0.2) is 0 Å². The lowest BCUT2D eigenvalue weighted by Gasteiger charge is -2.33. The van der Waals surface area contributed by atoms with E-state index in [2.05, 4.69) is 57.1 Å². The topological polar surface area (TPSA) is 77.2 Å². The van der Waals surface area contributed by atoms with E-state index in [4.69, 9.17) is 10.5 Å². The zero-order valence-electron chi connectivity index (χ0n) is 20.6. The van der Waals surface area contributed by atoms with Crippen LogP contribution in [0.4, 0.5) is 0 Å². The second kappa shape index (κ2) is 10.8. The molecule has 0 spiro atoms. The highest BCUT2D eigenvalue weighted by atomic mass is 16.5. The number of nitrogens with two attached hydrogens (primary N) is 1. The first kappa shape index (κ1) is 24.7. The molecule has 5 heteroatoms. The maximum Gasteiger partial charge on any atom is 0.237 e. The summed E-state index contributed by atoms with van der Waals surface area (Å²) in [5.41, 5.74) is 11.2. The molecule has 0 aliphatic rings. The first-order valence-electron chi connectivity index (χ1n) is 12.0. The van der Waals surface area contributed by atoms with Gasteiger partial charge in [0.2, 0.25) is 5.91 Å². The second-order valence-electron chi connectivity index (χ2n) is 8.93. The Labute approximate surface area is 197 Å². The number of hydrogen-bond donors (Lipinski definition) is 2. The summed E-state index contributed by atoms with van der Waals surface area (Å²) in [7, 11) is 0. The van der Waals surface area contributed by atoms with Crippen LogP contribution in [0.25, 0.3) is 10.9 Å². The Bertz CT molecular complexity index is 1070. The molecule has 0 aliphatic carbocycles. The lowest BCUT2D eigenvalue weighted by atomic mass is 9.93. The van der Waals surface area contributed by atoms with Crippen LogP contribution in [0.1, 0.15) is 62.3 Å². The lowest BCUT2D eigenvalue weighted by Crippen LogP contribution is -2.41. The quantitative estimate of drug-likeness (QED) is 0.437. The number of aromatic nitrogens is 1. The molecular formula is C28H37N3O2. The van der Waals surface area contributed by atoms with Crippen molar-refractivity contribution in [3.05, 3.63) is 70.9 Å². The molecule has 3 rings (SSSR count). The number of hydrogen-bond acceptors (Lipinski definition) is 4. The monoisotopic (exact) mass is 447 g/mol. The van der Waals surface area contributed by atoms with E-state index in [1.165, 1.54) is 0 Å². The summed E-state index contributed by atoms with van der Waals surface area (Å²) in [6.45, 7) is 11.1. The summed E-state index contributed by atoms with van der Waals surface area (Å²) >= 11 is 0. The van der Waals surface area contributed by atoms with Crippen LogP contribution in [-0.4, -0.2) is 22.5 Å². The van der Waals surface area contributed by atoms with E-state index in [-0.39, 0.29) is 11.5 Å². The maximum atomic E-state index is 12.7. The second-order valence-corrected chi connectivity index (χ2v) is 8.93. The number of para-hydroxylation sites is 1. The molecule has 0 aliphatic heterocycles. The highest BCUT2D eigenvalue weighted by molar-refractivity contribution is 5.84. The van der Waals surface area contributed by atoms with Gasteiger partial charge in [-0.25, -0.2) is 0 Å². The molecule has 0 saturated heterocycles. The van der Waals surface area contributed by atoms with Gasteiger partial charge >= 0.3 is 0 Å². The number of carbonyl (C=O) groups excluding carboxylic acids is 1. The summed E-state index contributed by atoms with van der Waals surface area (Å²) in [4.78, 5) is 17.2. The number of aryl methyl sites for hydroxylation is 2. The molecule has 1 amide bonds. The summed E-state index contributed by atoms with van der Waals surface area (Å²) < 4.78 is 6.52. The molecule has 0 bridgehead atoms. The van der Waals surface area contributed by atoms with Crippen molar-refractivity contribution in [3.8, 4) is 5.75 Å². The number of pyridine rings is 1. The summed E-state index contributed by atoms with van der Waals surface area (Å²) in [5.74, 6) is 0.784. The number of ether oxygens (including phenoxy) is 1. The van der Waals surface area contributed by atoms with Gasteiger partial charge in [-0.1, -0.05) is 57.2 Å². The molecule has 2 aromatic carbocycles. The van der Waals surface area contributed by atoms with Crippen LogP contribution in [0.3, 0.4) is 0 Å². The molecule has 0 unspecified atom stereocenters. The van der Waals surface area contributed by atoms with E-state index in [1.54, 1.807) is 6.20 Å². The van der Waals surface area contributed by atoms with Crippen LogP contribution < -0.4 is 15.8 Å². The number of amides is 1. The number of carbonyl (C=O) groups is 1. The first-order chi connectivity index (χ1) is 15.8. The zero-order valence-corrected chi connectivity index (χ0v) is 20.6. The lowest BCUT2D eigenvalue weighted by molar-refractivity contribution is -0.122. The predicted octanol–water partition coefficient (Wildman–Crippen LogP) is 5.39. The third-order valence-electron chi connectivity index (χ3n) is 6.73. The van der Waals surface area contributed by atoms with E-state index in [9.17, 15) is 4.79 Å². The number of fused-ring (bicyclic) bond motifs is 1. The van der Waals surface area contributed by atoms with Gasteiger partial charge in [-0.05, 0) is 67.9 Å². The van der Waals surface area contributed by atoms with Crippen LogP contribution in [0, 0.1) is 13.8 Å². The minimum absolute atomic E-state index is 0.135. The van der Waals surface area contributed by atoms with Crippen molar-refractivity contribution in [2.45, 2.75) is 78.5 Å². The van der Waals surface area contributed by atoms with Crippen LogP contribution in [0.15, 0.2) is 48.7 Å². The predicted molar refractivity (Wildman–Crippen MR) is 135 cm³/mol. The van der Waals surface area contributed by atoms with Gasteiger partial charge in [-0.3, -0.25) is 9.78 Å². The van der Waals surface area contributed by atoms with Crippen LogP contribution in [0.2, 0.25) is 0 Å². The van der Waals surface area contributed by atoms with Gasteiger partial charge < -0.3 is 15.8 Å². The van der Waals surface area contributed by atoms with E-state index in [0.717, 1.165) is 58.2 Å². The van der Waals surface area contributed by atoms with Crippen molar-refractivity contribution in [2.24, 2.45) is 5.73 Å². The average molecular weight is 448 g/mol. The van der Waals surface area contributed by atoms with Gasteiger partial charge in [-0.15, -0.1) is 0 Å². The molecule has 33 heavy (non-hydrogen) atoms. The van der Waals surface area contributed by atoms with E-state index < -0.39 is 6.04 Å². The first-order valence-corrected chi connectivity index (χ1v) is 12.0. The molecule has 1 heterocycles. The normalized spacial score (nSPS) is 12.5. The Balaban J connectivity index is 1.67. The van der Waals surface area contributed by atoms with E-state index in [0.29, 0.717) is 13.0 Å². The number of nitrogens with zero attached hydrogens (tertiary/aromatic N) is 1. The minimum Gasteiger partial charge on any atom is -0.487 e. The summed E-state index contributed by atoms with van der Waals surface area (Å²) in [6, 6.07) is 13.5. The number of nitrogens with one attached hydrogen (secondary N) is 1. The van der Waals surface area contributed by atoms with Crippen molar-refractivity contribution in [2.75, 3.05) is 0 Å². The summed E-state index contributed by atoms with van der Waals surface area (Å²) in [5, 5.41) is 4.03. The zero-order chi connectivity index (χ0) is 24.0. The van der Waals surface area contributed by atoms with Crippen molar-refractivity contribution < 1.29 is 9.53 Å². The molecule has 0 radical (unpaired) electrons. The molecule has 3 N–H and O–H groups in total. The third kappa shape index (κ3) is 5.72. The molecule has 3 aromatic rings. The molecule has 5 nitrogen and oxygen atoms in total. The van der Waals surface area contributed by atoms with Gasteiger partial charge in [-0.2, -0.15) is 0 Å². The highest BCUT2D eigenvalue weighted by Crippen LogP contribution is 2.33. The Kier molecular flexibility index (Phi) is 8.09. The Hall–Kier alpha value is -2.92. The Morgan fingerprint density at radius 3 is 2.33 bits per heavy atom. The van der Waals surface area contributed by atoms with Crippen LogP contribution >= 0.6 is 0 Å². The Morgan fingerprint density at radius 1 is 1.06 bits per heavy atom. The Morgan fingerprint density at radius 2 is 1.70 bits per heavy atom. The van der Waals surface area contributed by atoms with Gasteiger partial charge in [0.25, 0.3) is 0 Å². The standard InChI is InChI=1S/C28H37N3O2/c1-6-28(7-2,8-3)33-26-19(4)15-21(16-20(26)5)17-24(29)27(32)31-18-23-12-9-11-22-13-10-14-30-25(22)23/h9-16,24H,6-8,17-18,29H2,1-5H3,(H,31,32)/t24-/m0/s1. The van der Waals surface area contributed by atoms with Gasteiger partial charge in [0.05, 0.1) is 11.6 Å². The average Bonchev–Trinajstić information content (AvgIpc) is 2.82. The minimum atomic E-state index is -0.625. The summed E-state index contributed by atoms with van der Waals surface area (Å²) in [6.07, 6.45) is 5.15. The molecule has 0 fully saturated rings. The van der Waals surface area contributed by atoms with E-state index >= 15 is 0 Å². The highest BCUT2D eigenvalue weighted by Gasteiger charge is 2.27. The van der Waals surface area contributed by atoms with Crippen LogP contribution in [0.5, 0.6) is 5.75 Å². The number of rotatable bonds is 10. The fourth-order valence-corrected chi connectivity index (χ4v) is 4.47. The molecule has 1 atom stereocenters. The third-order valence-corrected chi connectivity index (χ3v) is 6.73. The van der Waals surface area contributed by atoms with Crippen molar-refractivity contribution in [1.82, 2.24) is 10.3 Å². The smallest absolute Gasteiger partial charge is 0.237 e. The fraction of sp³-hybridized carbons (Fsp3) is 0.429. The van der Waals surface area contributed by atoms with E-state index in [1.807, 2.05) is 30.3 Å². The fourth-order valence-electron chi connectivity index (χ4n) is 4.47. The number of benzene rings is 2. The van der Waals surface area contributed by atoms with Crippen molar-refractivity contribution in [1.29, 1.82) is 0 Å². The maximum absolute atomic E-state index is 12.7. The van der Waals surface area contributed by atoms with Crippen molar-refractivity contribution in [3.63, 3.8) is 0 Å². The largest absolute Gasteiger partial charge is 0.487 e. The van der Waals surface area contributed by atoms with Gasteiger partial charge in [0.1, 0.15) is 11.4 Å². The molecule has 0 saturated carbocycles. The molecule has 1 aromatic heterocycles. The van der Waals surface area contributed by atoms with Crippen molar-refractivity contribution >= 4 is 16.8 Å². The van der Waals surface area contributed by atoms with Crippen LogP contribution in [-0.2, 0) is 17.8 Å². The molecule has 176 valence electrons. The van der Waals surface area contributed by atoms with Gasteiger partial charge in [0, 0.05) is 18.1 Å².